The van der Waals surface area contributed by atoms with Crippen LogP contribution in [0.15, 0.2) is 53.9 Å². The third kappa shape index (κ3) is 2.51. The second-order valence-corrected chi connectivity index (χ2v) is 4.99. The molecular formula is C14H12N4S. The number of nitrogens with two attached hydrogens (primary N) is 1. The molecule has 94 valence electrons. The minimum absolute atomic E-state index is 0.473. The number of rotatable bonds is 3. The van der Waals surface area contributed by atoms with E-state index in [9.17, 15) is 0 Å². The molecule has 0 unspecified atom stereocenters. The summed E-state index contributed by atoms with van der Waals surface area (Å²) in [5.41, 5.74) is 7.99. The second kappa shape index (κ2) is 5.24. The summed E-state index contributed by atoms with van der Waals surface area (Å²) in [6, 6.07) is 10.2. The van der Waals surface area contributed by atoms with Crippen molar-refractivity contribution in [2.45, 2.75) is 10.8 Å². The Bertz CT molecular complexity index is 709. The lowest BCUT2D eigenvalue weighted by atomic mass is 10.1. The molecule has 0 aliphatic carbocycles. The maximum Gasteiger partial charge on any atom is 0.156 e. The van der Waals surface area contributed by atoms with Gasteiger partial charge in [-0.2, -0.15) is 0 Å². The predicted molar refractivity (Wildman–Crippen MR) is 77.7 cm³/mol. The third-order valence-electron chi connectivity index (χ3n) is 2.77. The van der Waals surface area contributed by atoms with E-state index in [1.54, 1.807) is 24.2 Å². The normalized spacial score (nSPS) is 10.7. The molecule has 0 bridgehead atoms. The monoisotopic (exact) mass is 268 g/mol. The minimum Gasteiger partial charge on any atom is -0.381 e. The largest absolute Gasteiger partial charge is 0.381 e. The summed E-state index contributed by atoms with van der Waals surface area (Å²) in [7, 11) is 0. The summed E-state index contributed by atoms with van der Waals surface area (Å²) in [5, 5.41) is 1.91. The van der Waals surface area contributed by atoms with E-state index in [2.05, 4.69) is 33.2 Å². The van der Waals surface area contributed by atoms with Crippen molar-refractivity contribution in [1.29, 1.82) is 0 Å². The Hall–Kier alpha value is -2.14. The molecule has 0 amide bonds. The lowest BCUT2D eigenvalue weighted by Gasteiger charge is -2.06. The first-order valence-electron chi connectivity index (χ1n) is 5.86. The highest BCUT2D eigenvalue weighted by Gasteiger charge is 2.05. The van der Waals surface area contributed by atoms with Crippen LogP contribution in [0, 0.1) is 0 Å². The number of fused-ring (bicyclic) bond motifs is 1. The quantitative estimate of drug-likeness (QED) is 0.740. The molecule has 2 heterocycles. The predicted octanol–water partition coefficient (Wildman–Crippen LogP) is 2.90. The van der Waals surface area contributed by atoms with Gasteiger partial charge in [0.25, 0.3) is 0 Å². The summed E-state index contributed by atoms with van der Waals surface area (Å²) < 4.78 is 0. The van der Waals surface area contributed by atoms with Gasteiger partial charge in [0.2, 0.25) is 0 Å². The highest BCUT2D eigenvalue weighted by Crippen LogP contribution is 2.27. The van der Waals surface area contributed by atoms with Crippen molar-refractivity contribution >= 4 is 28.5 Å². The highest BCUT2D eigenvalue weighted by atomic mass is 32.2. The van der Waals surface area contributed by atoms with Gasteiger partial charge in [0.1, 0.15) is 5.03 Å². The molecule has 3 aromatic rings. The Kier molecular flexibility index (Phi) is 3.29. The smallest absolute Gasteiger partial charge is 0.156 e. The van der Waals surface area contributed by atoms with Crippen LogP contribution in [0.3, 0.4) is 0 Å². The Morgan fingerprint density at radius 1 is 0.947 bits per heavy atom. The van der Waals surface area contributed by atoms with Gasteiger partial charge in [0.15, 0.2) is 5.82 Å². The van der Waals surface area contributed by atoms with Crippen LogP contribution in [-0.2, 0) is 5.75 Å². The van der Waals surface area contributed by atoms with Gasteiger partial charge >= 0.3 is 0 Å². The zero-order chi connectivity index (χ0) is 13.1. The number of anilines is 1. The van der Waals surface area contributed by atoms with Crippen LogP contribution in [0.5, 0.6) is 0 Å². The van der Waals surface area contributed by atoms with Gasteiger partial charge in [0.05, 0.1) is 5.52 Å². The molecule has 0 spiro atoms. The molecular weight excluding hydrogens is 256 g/mol. The summed E-state index contributed by atoms with van der Waals surface area (Å²) in [6.07, 6.45) is 5.06. The van der Waals surface area contributed by atoms with E-state index in [0.29, 0.717) is 5.82 Å². The molecule has 3 rings (SSSR count). The van der Waals surface area contributed by atoms with Crippen LogP contribution in [0.2, 0.25) is 0 Å². The minimum atomic E-state index is 0.473. The molecule has 0 aliphatic rings. The van der Waals surface area contributed by atoms with Crippen molar-refractivity contribution in [3.63, 3.8) is 0 Å². The van der Waals surface area contributed by atoms with Crippen LogP contribution in [0.4, 0.5) is 5.82 Å². The van der Waals surface area contributed by atoms with E-state index in [4.69, 9.17) is 5.73 Å². The van der Waals surface area contributed by atoms with Crippen LogP contribution in [0.1, 0.15) is 5.56 Å². The first-order chi connectivity index (χ1) is 9.34. The van der Waals surface area contributed by atoms with Gasteiger partial charge in [-0.25, -0.2) is 9.97 Å². The average Bonchev–Trinajstić information content (AvgIpc) is 2.46. The van der Waals surface area contributed by atoms with E-state index < -0.39 is 0 Å². The molecule has 0 fully saturated rings. The van der Waals surface area contributed by atoms with Gasteiger partial charge in [-0.05, 0) is 11.6 Å². The molecule has 0 atom stereocenters. The van der Waals surface area contributed by atoms with Gasteiger partial charge in [-0.1, -0.05) is 36.0 Å². The summed E-state index contributed by atoms with van der Waals surface area (Å²) in [5.74, 6) is 1.25. The fourth-order valence-electron chi connectivity index (χ4n) is 1.88. The lowest BCUT2D eigenvalue weighted by molar-refractivity contribution is 1.07. The molecule has 0 radical (unpaired) electrons. The van der Waals surface area contributed by atoms with E-state index in [1.807, 2.05) is 18.3 Å². The van der Waals surface area contributed by atoms with Gasteiger partial charge in [-0.3, -0.25) is 4.98 Å². The van der Waals surface area contributed by atoms with Crippen LogP contribution in [-0.4, -0.2) is 15.0 Å². The fourth-order valence-corrected chi connectivity index (χ4v) is 2.74. The van der Waals surface area contributed by atoms with Gasteiger partial charge in [-0.15, -0.1) is 0 Å². The number of nitrogen functional groups attached to an aromatic ring is 1. The van der Waals surface area contributed by atoms with Crippen LogP contribution >= 0.6 is 11.8 Å². The first-order valence-corrected chi connectivity index (χ1v) is 6.85. The zero-order valence-electron chi connectivity index (χ0n) is 10.2. The van der Waals surface area contributed by atoms with Crippen molar-refractivity contribution in [3.8, 4) is 0 Å². The number of benzene rings is 1. The van der Waals surface area contributed by atoms with Crippen molar-refractivity contribution < 1.29 is 0 Å². The van der Waals surface area contributed by atoms with E-state index in [1.165, 1.54) is 5.56 Å². The Labute approximate surface area is 115 Å². The summed E-state index contributed by atoms with van der Waals surface area (Å²) in [4.78, 5) is 12.7. The number of thioether (sulfide) groups is 1. The van der Waals surface area contributed by atoms with Crippen LogP contribution in [0.25, 0.3) is 10.9 Å². The number of hydrogen-bond acceptors (Lipinski definition) is 5. The fraction of sp³-hybridized carbons (Fsp3) is 0.0714. The highest BCUT2D eigenvalue weighted by molar-refractivity contribution is 7.98. The van der Waals surface area contributed by atoms with Crippen molar-refractivity contribution in [2.24, 2.45) is 0 Å². The van der Waals surface area contributed by atoms with E-state index >= 15 is 0 Å². The third-order valence-corrected chi connectivity index (χ3v) is 3.82. The Morgan fingerprint density at radius 3 is 2.68 bits per heavy atom. The number of hydrogen-bond donors (Lipinski definition) is 1. The SMILES string of the molecule is Nc1nccnc1SCc1cccc2cccnc12. The number of nitrogens with zero attached hydrogens (tertiary/aromatic N) is 3. The summed E-state index contributed by atoms with van der Waals surface area (Å²) >= 11 is 1.58. The molecule has 19 heavy (non-hydrogen) atoms. The second-order valence-electron chi connectivity index (χ2n) is 4.03. The molecule has 0 saturated carbocycles. The maximum absolute atomic E-state index is 5.79. The molecule has 2 aromatic heterocycles. The summed E-state index contributed by atoms with van der Waals surface area (Å²) in [6.45, 7) is 0. The maximum atomic E-state index is 5.79. The van der Waals surface area contributed by atoms with Crippen LogP contribution < -0.4 is 5.73 Å². The van der Waals surface area contributed by atoms with Crippen molar-refractivity contribution in [3.05, 3.63) is 54.5 Å². The Morgan fingerprint density at radius 2 is 1.79 bits per heavy atom. The molecule has 0 saturated heterocycles. The molecule has 0 aliphatic heterocycles. The topological polar surface area (TPSA) is 64.7 Å². The first kappa shape index (κ1) is 11.9. The number of pyridine rings is 1. The molecule has 4 nitrogen and oxygen atoms in total. The average molecular weight is 268 g/mol. The standard InChI is InChI=1S/C14H12N4S/c15-13-14(18-8-7-17-13)19-9-11-4-1-3-10-5-2-6-16-12(10)11/h1-8H,9H2,(H2,15,17). The number of aromatic nitrogens is 3. The molecule has 2 N–H and O–H groups in total. The van der Waals surface area contributed by atoms with E-state index in [0.717, 1.165) is 21.7 Å². The number of para-hydroxylation sites is 1. The van der Waals surface area contributed by atoms with Crippen molar-refractivity contribution in [2.75, 3.05) is 5.73 Å². The van der Waals surface area contributed by atoms with Gasteiger partial charge in [0, 0.05) is 29.7 Å². The van der Waals surface area contributed by atoms with Gasteiger partial charge < -0.3 is 5.73 Å². The molecule has 1 aromatic carbocycles. The Balaban J connectivity index is 1.88. The lowest BCUT2D eigenvalue weighted by Crippen LogP contribution is -1.95. The zero-order valence-corrected chi connectivity index (χ0v) is 11.0. The van der Waals surface area contributed by atoms with Crippen molar-refractivity contribution in [1.82, 2.24) is 15.0 Å². The van der Waals surface area contributed by atoms with E-state index in [-0.39, 0.29) is 0 Å². The molecule has 5 heteroatoms.